The molecule has 4 rings (SSSR count). The van der Waals surface area contributed by atoms with Crippen LogP contribution in [0.5, 0.6) is 0 Å². The van der Waals surface area contributed by atoms with E-state index in [-0.39, 0.29) is 4.90 Å². The summed E-state index contributed by atoms with van der Waals surface area (Å²) in [5, 5.41) is 7.78. The lowest BCUT2D eigenvalue weighted by atomic mass is 9.84. The van der Waals surface area contributed by atoms with Crippen LogP contribution in [0.2, 0.25) is 0 Å². The van der Waals surface area contributed by atoms with Crippen LogP contribution in [0.4, 0.5) is 5.69 Å². The van der Waals surface area contributed by atoms with Crippen LogP contribution in [0.3, 0.4) is 0 Å². The molecule has 2 aromatic rings. The Hall–Kier alpha value is -2.33. The fourth-order valence-electron chi connectivity index (χ4n) is 4.44. The van der Waals surface area contributed by atoms with Gasteiger partial charge in [-0.3, -0.25) is 5.43 Å². The molecule has 2 N–H and O–H groups in total. The van der Waals surface area contributed by atoms with Crippen LogP contribution in [-0.4, -0.2) is 49.9 Å². The van der Waals surface area contributed by atoms with Crippen molar-refractivity contribution in [2.75, 3.05) is 31.6 Å². The van der Waals surface area contributed by atoms with Crippen molar-refractivity contribution in [2.24, 2.45) is 5.10 Å². The van der Waals surface area contributed by atoms with Crippen molar-refractivity contribution in [1.82, 2.24) is 9.73 Å². The molecule has 1 aliphatic carbocycles. The van der Waals surface area contributed by atoms with E-state index in [0.717, 1.165) is 11.3 Å². The van der Waals surface area contributed by atoms with Gasteiger partial charge in [-0.05, 0) is 73.3 Å². The van der Waals surface area contributed by atoms with Gasteiger partial charge in [0.2, 0.25) is 10.0 Å². The minimum Gasteiger partial charge on any atom is -0.379 e. The van der Waals surface area contributed by atoms with Gasteiger partial charge in [-0.2, -0.15) is 9.41 Å². The number of hydrogen-bond donors (Lipinski definition) is 2. The zero-order chi connectivity index (χ0) is 24.0. The molecule has 0 amide bonds. The number of nitrogens with zero attached hydrogens (tertiary/aromatic N) is 2. The molecular weight excluding hydrogens is 468 g/mol. The van der Waals surface area contributed by atoms with E-state index in [1.54, 1.807) is 24.3 Å². The van der Waals surface area contributed by atoms with Gasteiger partial charge >= 0.3 is 0 Å². The first-order valence-corrected chi connectivity index (χ1v) is 13.7. The van der Waals surface area contributed by atoms with E-state index in [1.807, 2.05) is 6.92 Å². The summed E-state index contributed by atoms with van der Waals surface area (Å²) in [4.78, 5) is 0.254. The molecule has 0 bridgehead atoms. The monoisotopic (exact) mass is 500 g/mol. The van der Waals surface area contributed by atoms with Crippen molar-refractivity contribution in [2.45, 2.75) is 49.8 Å². The zero-order valence-electron chi connectivity index (χ0n) is 19.5. The predicted octanol–water partition coefficient (Wildman–Crippen LogP) is 4.47. The fraction of sp³-hybridized carbons (Fsp3) is 0.440. The van der Waals surface area contributed by atoms with Crippen LogP contribution in [-0.2, 0) is 14.8 Å². The molecule has 0 atom stereocenters. The molecule has 0 spiro atoms. The average Bonchev–Trinajstić information content (AvgIpc) is 2.89. The van der Waals surface area contributed by atoms with Gasteiger partial charge in [-0.15, -0.1) is 0 Å². The Labute approximate surface area is 207 Å². The van der Waals surface area contributed by atoms with Gasteiger partial charge in [0, 0.05) is 18.8 Å². The second-order valence-corrected chi connectivity index (χ2v) is 11.1. The molecule has 0 radical (unpaired) electrons. The van der Waals surface area contributed by atoms with Gasteiger partial charge in [0.25, 0.3) is 0 Å². The molecular formula is C25H32N4O3S2. The maximum atomic E-state index is 12.7. The van der Waals surface area contributed by atoms with Crippen molar-refractivity contribution in [3.8, 4) is 0 Å². The Morgan fingerprint density at radius 1 is 1.00 bits per heavy atom. The van der Waals surface area contributed by atoms with E-state index in [0.29, 0.717) is 43.0 Å². The fourth-order valence-corrected chi connectivity index (χ4v) is 6.01. The Balaban J connectivity index is 1.31. The van der Waals surface area contributed by atoms with Gasteiger partial charge in [0.05, 0.1) is 23.8 Å². The van der Waals surface area contributed by atoms with E-state index in [9.17, 15) is 8.42 Å². The predicted molar refractivity (Wildman–Crippen MR) is 140 cm³/mol. The number of ether oxygens (including phenoxy) is 1. The van der Waals surface area contributed by atoms with Crippen molar-refractivity contribution >= 4 is 38.8 Å². The maximum Gasteiger partial charge on any atom is 0.243 e. The highest BCUT2D eigenvalue weighted by Crippen LogP contribution is 2.32. The second kappa shape index (κ2) is 11.4. The highest BCUT2D eigenvalue weighted by molar-refractivity contribution is 7.89. The molecule has 34 heavy (non-hydrogen) atoms. The molecule has 0 unspecified atom stereocenters. The summed E-state index contributed by atoms with van der Waals surface area (Å²) in [5.41, 5.74) is 6.86. The van der Waals surface area contributed by atoms with Crippen LogP contribution in [0.15, 0.2) is 58.5 Å². The first kappa shape index (κ1) is 24.8. The summed E-state index contributed by atoms with van der Waals surface area (Å²) in [7, 11) is -3.51. The van der Waals surface area contributed by atoms with E-state index in [4.69, 9.17) is 17.0 Å². The Bertz CT molecular complexity index is 1100. The van der Waals surface area contributed by atoms with Crippen molar-refractivity contribution in [3.05, 3.63) is 59.7 Å². The highest BCUT2D eigenvalue weighted by Gasteiger charge is 2.26. The lowest BCUT2D eigenvalue weighted by Gasteiger charge is -2.26. The first-order valence-electron chi connectivity index (χ1n) is 11.8. The molecule has 0 aromatic heterocycles. The minimum absolute atomic E-state index is 0.254. The van der Waals surface area contributed by atoms with Crippen LogP contribution in [0, 0.1) is 0 Å². The molecule has 1 heterocycles. The molecule has 2 fully saturated rings. The SMILES string of the molecule is C/C(=N\NC(=S)Nc1ccc(S(=O)(=O)N2CCOCC2)cc1)c1ccc(C2CCCCC2)cc1. The number of rotatable bonds is 6. The number of sulfonamides is 1. The van der Waals surface area contributed by atoms with Gasteiger partial charge in [0.15, 0.2) is 5.11 Å². The normalized spacial score (nSPS) is 18.4. The number of nitrogens with one attached hydrogen (secondary N) is 2. The largest absolute Gasteiger partial charge is 0.379 e. The van der Waals surface area contributed by atoms with E-state index in [1.165, 1.54) is 42.0 Å². The van der Waals surface area contributed by atoms with Crippen molar-refractivity contribution in [1.29, 1.82) is 0 Å². The third kappa shape index (κ3) is 6.21. The lowest BCUT2D eigenvalue weighted by Crippen LogP contribution is -2.40. The van der Waals surface area contributed by atoms with Gasteiger partial charge in [0.1, 0.15) is 0 Å². The van der Waals surface area contributed by atoms with E-state index < -0.39 is 10.0 Å². The number of anilines is 1. The summed E-state index contributed by atoms with van der Waals surface area (Å²) in [6, 6.07) is 15.2. The van der Waals surface area contributed by atoms with Crippen LogP contribution in [0.25, 0.3) is 0 Å². The van der Waals surface area contributed by atoms with Crippen molar-refractivity contribution < 1.29 is 13.2 Å². The maximum absolute atomic E-state index is 12.7. The Morgan fingerprint density at radius 2 is 1.65 bits per heavy atom. The van der Waals surface area contributed by atoms with Crippen LogP contribution >= 0.6 is 12.2 Å². The number of thiocarbonyl (C=S) groups is 1. The molecule has 182 valence electrons. The third-order valence-electron chi connectivity index (χ3n) is 6.45. The molecule has 1 saturated carbocycles. The van der Waals surface area contributed by atoms with Crippen LogP contribution < -0.4 is 10.7 Å². The molecule has 2 aliphatic rings. The average molecular weight is 501 g/mol. The van der Waals surface area contributed by atoms with Crippen LogP contribution in [0.1, 0.15) is 56.1 Å². The smallest absolute Gasteiger partial charge is 0.243 e. The van der Waals surface area contributed by atoms with E-state index in [2.05, 4.69) is 40.1 Å². The zero-order valence-corrected chi connectivity index (χ0v) is 21.1. The third-order valence-corrected chi connectivity index (χ3v) is 8.56. The van der Waals surface area contributed by atoms with E-state index >= 15 is 0 Å². The second-order valence-electron chi connectivity index (χ2n) is 8.76. The number of hydrazone groups is 1. The number of benzene rings is 2. The topological polar surface area (TPSA) is 83.0 Å². The molecule has 9 heteroatoms. The standard InChI is InChI=1S/C25H32N4O3S2/c1-19(20-7-9-22(10-8-20)21-5-3-2-4-6-21)27-28-25(33)26-23-11-13-24(14-12-23)34(30,31)29-15-17-32-18-16-29/h7-14,21H,2-6,15-18H2,1H3,(H2,26,28,33)/b27-19+. The summed E-state index contributed by atoms with van der Waals surface area (Å²) in [6.45, 7) is 3.53. The summed E-state index contributed by atoms with van der Waals surface area (Å²) < 4.78 is 32.2. The molecule has 1 aliphatic heterocycles. The number of hydrogen-bond acceptors (Lipinski definition) is 5. The molecule has 1 saturated heterocycles. The Kier molecular flexibility index (Phi) is 8.31. The van der Waals surface area contributed by atoms with Gasteiger partial charge in [-0.1, -0.05) is 43.5 Å². The molecule has 7 nitrogen and oxygen atoms in total. The molecule has 2 aromatic carbocycles. The lowest BCUT2D eigenvalue weighted by molar-refractivity contribution is 0.0730. The highest BCUT2D eigenvalue weighted by atomic mass is 32.2. The number of morpholine rings is 1. The summed E-state index contributed by atoms with van der Waals surface area (Å²) in [5.74, 6) is 0.685. The van der Waals surface area contributed by atoms with Crippen molar-refractivity contribution in [3.63, 3.8) is 0 Å². The minimum atomic E-state index is -3.51. The summed E-state index contributed by atoms with van der Waals surface area (Å²) in [6.07, 6.45) is 6.58. The Morgan fingerprint density at radius 3 is 2.29 bits per heavy atom. The summed E-state index contributed by atoms with van der Waals surface area (Å²) >= 11 is 5.35. The van der Waals surface area contributed by atoms with Gasteiger partial charge < -0.3 is 10.1 Å². The van der Waals surface area contributed by atoms with Gasteiger partial charge in [-0.25, -0.2) is 8.42 Å². The quantitative estimate of drug-likeness (QED) is 0.346. The first-order chi connectivity index (χ1) is 16.4.